The number of nitrogens with zero attached hydrogens (tertiary/aromatic N) is 2. The Bertz CT molecular complexity index is 939. The fourth-order valence-electron chi connectivity index (χ4n) is 3.91. The fraction of sp³-hybridized carbons (Fsp3) is 0.400. The van der Waals surface area contributed by atoms with Gasteiger partial charge in [-0.1, -0.05) is 29.8 Å². The van der Waals surface area contributed by atoms with Crippen molar-refractivity contribution in [2.75, 3.05) is 25.0 Å². The lowest BCUT2D eigenvalue weighted by atomic mass is 9.96. The summed E-state index contributed by atoms with van der Waals surface area (Å²) in [5, 5.41) is 3.00. The number of hydrogen-bond acceptors (Lipinski definition) is 3. The van der Waals surface area contributed by atoms with Crippen molar-refractivity contribution < 1.29 is 14.4 Å². The summed E-state index contributed by atoms with van der Waals surface area (Å²) in [6.07, 6.45) is 1.57. The van der Waals surface area contributed by atoms with Gasteiger partial charge in [0.05, 0.1) is 5.92 Å². The van der Waals surface area contributed by atoms with E-state index in [1.165, 1.54) is 0 Å². The van der Waals surface area contributed by atoms with Gasteiger partial charge in [-0.15, -0.1) is 0 Å². The lowest BCUT2D eigenvalue weighted by Gasteiger charge is -2.32. The maximum Gasteiger partial charge on any atom is 0.253 e. The number of carbonyl (C=O) groups is 3. The third-order valence-corrected chi connectivity index (χ3v) is 5.77. The molecule has 6 heteroatoms. The van der Waals surface area contributed by atoms with Crippen molar-refractivity contribution in [3.05, 3.63) is 65.2 Å². The maximum atomic E-state index is 12.9. The van der Waals surface area contributed by atoms with Crippen LogP contribution in [-0.2, 0) is 16.1 Å². The van der Waals surface area contributed by atoms with E-state index in [1.54, 1.807) is 16.7 Å². The molecule has 31 heavy (non-hydrogen) atoms. The molecule has 1 N–H and O–H groups in total. The van der Waals surface area contributed by atoms with Gasteiger partial charge >= 0.3 is 0 Å². The average molecular weight is 422 g/mol. The van der Waals surface area contributed by atoms with Gasteiger partial charge in [-0.3, -0.25) is 14.4 Å². The van der Waals surface area contributed by atoms with Crippen LogP contribution in [0.15, 0.2) is 48.5 Å². The summed E-state index contributed by atoms with van der Waals surface area (Å²) >= 11 is 0. The number of likely N-dealkylation sites (tertiary alicyclic amines) is 1. The number of hydrogen-bond donors (Lipinski definition) is 1. The van der Waals surface area contributed by atoms with Crippen molar-refractivity contribution in [2.45, 2.75) is 40.2 Å². The van der Waals surface area contributed by atoms with E-state index < -0.39 is 0 Å². The molecule has 1 fully saturated rings. The number of anilines is 1. The third kappa shape index (κ3) is 5.94. The number of amides is 3. The molecular formula is C25H31N3O3. The molecule has 1 atom stereocenters. The summed E-state index contributed by atoms with van der Waals surface area (Å²) < 4.78 is 0. The molecule has 6 nitrogen and oxygen atoms in total. The molecule has 0 radical (unpaired) electrons. The highest BCUT2D eigenvalue weighted by atomic mass is 16.2. The molecule has 0 aromatic heterocycles. The second-order valence-electron chi connectivity index (χ2n) is 8.18. The van der Waals surface area contributed by atoms with Crippen LogP contribution in [0.4, 0.5) is 5.69 Å². The highest BCUT2D eigenvalue weighted by molar-refractivity contribution is 5.96. The molecule has 3 rings (SSSR count). The highest BCUT2D eigenvalue weighted by Gasteiger charge is 2.29. The van der Waals surface area contributed by atoms with E-state index >= 15 is 0 Å². The fourth-order valence-corrected chi connectivity index (χ4v) is 3.91. The van der Waals surface area contributed by atoms with Gasteiger partial charge in [-0.25, -0.2) is 0 Å². The molecule has 0 bridgehead atoms. The number of rotatable bonds is 6. The van der Waals surface area contributed by atoms with E-state index in [1.807, 2.05) is 62.4 Å². The minimum atomic E-state index is -0.240. The Morgan fingerprint density at radius 3 is 2.55 bits per heavy atom. The van der Waals surface area contributed by atoms with Crippen molar-refractivity contribution in [3.8, 4) is 0 Å². The van der Waals surface area contributed by atoms with E-state index in [0.717, 1.165) is 24.0 Å². The molecule has 3 amide bonds. The minimum Gasteiger partial charge on any atom is -0.339 e. The van der Waals surface area contributed by atoms with Crippen molar-refractivity contribution in [2.24, 2.45) is 5.92 Å². The van der Waals surface area contributed by atoms with Crippen LogP contribution in [0.25, 0.3) is 0 Å². The van der Waals surface area contributed by atoms with Crippen molar-refractivity contribution in [1.82, 2.24) is 9.80 Å². The normalized spacial score (nSPS) is 16.0. The second kappa shape index (κ2) is 10.2. The summed E-state index contributed by atoms with van der Waals surface area (Å²) in [6, 6.07) is 15.1. The largest absolute Gasteiger partial charge is 0.339 e. The zero-order valence-corrected chi connectivity index (χ0v) is 18.6. The van der Waals surface area contributed by atoms with Gasteiger partial charge in [0.2, 0.25) is 11.8 Å². The second-order valence-corrected chi connectivity index (χ2v) is 8.18. The Morgan fingerprint density at radius 1 is 1.13 bits per heavy atom. The van der Waals surface area contributed by atoms with E-state index in [4.69, 9.17) is 0 Å². The summed E-state index contributed by atoms with van der Waals surface area (Å²) in [5.74, 6) is -0.311. The standard InChI is InChI=1S/C25H31N3O3/c1-4-27(19(3)29)16-20-7-5-9-23(15-20)26-24(30)22-8-6-14-28(17-22)25(31)21-12-10-18(2)11-13-21/h5,7,9-13,15,22H,4,6,8,14,16-17H2,1-3H3,(H,26,30). The number of nitrogens with one attached hydrogen (secondary N) is 1. The molecule has 2 aromatic carbocycles. The Hall–Kier alpha value is -3.15. The first kappa shape index (κ1) is 22.5. The van der Waals surface area contributed by atoms with E-state index in [2.05, 4.69) is 5.32 Å². The third-order valence-electron chi connectivity index (χ3n) is 5.77. The number of piperidine rings is 1. The molecular weight excluding hydrogens is 390 g/mol. The number of aryl methyl sites for hydroxylation is 1. The maximum absolute atomic E-state index is 12.9. The van der Waals surface area contributed by atoms with Crippen LogP contribution in [0.1, 0.15) is 48.2 Å². The van der Waals surface area contributed by atoms with Crippen LogP contribution < -0.4 is 5.32 Å². The van der Waals surface area contributed by atoms with Crippen LogP contribution >= 0.6 is 0 Å². The summed E-state index contributed by atoms with van der Waals surface area (Å²) in [4.78, 5) is 40.9. The van der Waals surface area contributed by atoms with Crippen LogP contribution in [0.2, 0.25) is 0 Å². The van der Waals surface area contributed by atoms with Crippen LogP contribution in [-0.4, -0.2) is 47.2 Å². The number of benzene rings is 2. The Kier molecular flexibility index (Phi) is 7.45. The molecule has 0 saturated carbocycles. The smallest absolute Gasteiger partial charge is 0.253 e. The molecule has 1 aliphatic heterocycles. The van der Waals surface area contributed by atoms with Gasteiger partial charge in [-0.2, -0.15) is 0 Å². The van der Waals surface area contributed by atoms with Crippen molar-refractivity contribution in [3.63, 3.8) is 0 Å². The first-order valence-electron chi connectivity index (χ1n) is 10.9. The van der Waals surface area contributed by atoms with Gasteiger partial charge in [0.1, 0.15) is 0 Å². The number of carbonyl (C=O) groups excluding carboxylic acids is 3. The lowest BCUT2D eigenvalue weighted by Crippen LogP contribution is -2.43. The van der Waals surface area contributed by atoms with Gasteiger partial charge in [-0.05, 0) is 56.5 Å². The van der Waals surface area contributed by atoms with E-state index in [0.29, 0.717) is 37.4 Å². The van der Waals surface area contributed by atoms with Crippen LogP contribution in [0, 0.1) is 12.8 Å². The first-order chi connectivity index (χ1) is 14.9. The zero-order chi connectivity index (χ0) is 22.4. The van der Waals surface area contributed by atoms with Gasteiger partial charge in [0.25, 0.3) is 5.91 Å². The van der Waals surface area contributed by atoms with Crippen molar-refractivity contribution in [1.29, 1.82) is 0 Å². The topological polar surface area (TPSA) is 69.7 Å². The quantitative estimate of drug-likeness (QED) is 0.770. The molecule has 0 aliphatic carbocycles. The molecule has 0 spiro atoms. The summed E-state index contributed by atoms with van der Waals surface area (Å²) in [6.45, 7) is 7.73. The molecule has 2 aromatic rings. The van der Waals surface area contributed by atoms with Gasteiger partial charge in [0.15, 0.2) is 0 Å². The Morgan fingerprint density at radius 2 is 1.87 bits per heavy atom. The SMILES string of the molecule is CCN(Cc1cccc(NC(=O)C2CCCN(C(=O)c3ccc(C)cc3)C2)c1)C(C)=O. The molecule has 1 heterocycles. The molecule has 1 saturated heterocycles. The van der Waals surface area contributed by atoms with Crippen LogP contribution in [0.3, 0.4) is 0 Å². The van der Waals surface area contributed by atoms with Crippen molar-refractivity contribution >= 4 is 23.4 Å². The Balaban J connectivity index is 1.62. The average Bonchev–Trinajstić information content (AvgIpc) is 2.77. The highest BCUT2D eigenvalue weighted by Crippen LogP contribution is 2.21. The minimum absolute atomic E-state index is 0.0246. The predicted octanol–water partition coefficient (Wildman–Crippen LogP) is 3.85. The monoisotopic (exact) mass is 421 g/mol. The van der Waals surface area contributed by atoms with Gasteiger partial charge in [0, 0.05) is 44.4 Å². The van der Waals surface area contributed by atoms with E-state index in [-0.39, 0.29) is 23.6 Å². The predicted molar refractivity (Wildman–Crippen MR) is 122 cm³/mol. The lowest BCUT2D eigenvalue weighted by molar-refractivity contribution is -0.129. The first-order valence-corrected chi connectivity index (χ1v) is 10.9. The van der Waals surface area contributed by atoms with Gasteiger partial charge < -0.3 is 15.1 Å². The molecule has 164 valence electrons. The molecule has 1 unspecified atom stereocenters. The summed E-state index contributed by atoms with van der Waals surface area (Å²) in [5.41, 5.74) is 3.45. The summed E-state index contributed by atoms with van der Waals surface area (Å²) in [7, 11) is 0. The molecule has 1 aliphatic rings. The van der Waals surface area contributed by atoms with Crippen LogP contribution in [0.5, 0.6) is 0 Å². The van der Waals surface area contributed by atoms with E-state index in [9.17, 15) is 14.4 Å². The zero-order valence-electron chi connectivity index (χ0n) is 18.6. The Labute approximate surface area is 184 Å².